The number of nitrogens with one attached hydrogen (secondary N) is 2. The van der Waals surface area contributed by atoms with E-state index in [2.05, 4.69) is 10.3 Å². The van der Waals surface area contributed by atoms with Gasteiger partial charge in [-0.15, -0.1) is 0 Å². The maximum Gasteiger partial charge on any atom is 0.0914 e. The van der Waals surface area contributed by atoms with E-state index < -0.39 is 6.10 Å². The van der Waals surface area contributed by atoms with Crippen LogP contribution in [0.2, 0.25) is 10.0 Å². The second kappa shape index (κ2) is 7.37. The zero-order valence-electron chi connectivity index (χ0n) is 12.5. The molecule has 0 amide bonds. The largest absolute Gasteiger partial charge is 0.387 e. The van der Waals surface area contributed by atoms with Crippen LogP contribution in [0.5, 0.6) is 0 Å². The zero-order valence-corrected chi connectivity index (χ0v) is 14.0. The van der Waals surface area contributed by atoms with E-state index in [9.17, 15) is 5.11 Å². The Balaban J connectivity index is 1.53. The van der Waals surface area contributed by atoms with E-state index in [1.54, 1.807) is 12.1 Å². The first-order valence-electron chi connectivity index (χ1n) is 7.53. The minimum absolute atomic E-state index is 0.495. The van der Waals surface area contributed by atoms with E-state index in [0.717, 1.165) is 29.1 Å². The molecule has 0 fully saturated rings. The third kappa shape index (κ3) is 4.06. The first kappa shape index (κ1) is 16.3. The number of aliphatic hydroxyl groups excluding tert-OH is 1. The lowest BCUT2D eigenvalue weighted by molar-refractivity contribution is 0.175. The number of hydrogen-bond acceptors (Lipinski definition) is 2. The normalized spacial score (nSPS) is 12.7. The van der Waals surface area contributed by atoms with Gasteiger partial charge in [0.15, 0.2) is 0 Å². The van der Waals surface area contributed by atoms with E-state index in [4.69, 9.17) is 23.2 Å². The Morgan fingerprint density at radius 2 is 1.91 bits per heavy atom. The van der Waals surface area contributed by atoms with Gasteiger partial charge in [0.2, 0.25) is 0 Å². The van der Waals surface area contributed by atoms with Gasteiger partial charge in [0.05, 0.1) is 6.10 Å². The molecule has 0 spiro atoms. The maximum atomic E-state index is 10.2. The number of hydrogen-bond donors (Lipinski definition) is 3. The van der Waals surface area contributed by atoms with Crippen LogP contribution in [0.25, 0.3) is 10.9 Å². The van der Waals surface area contributed by atoms with Crippen LogP contribution < -0.4 is 5.32 Å². The Labute approximate surface area is 145 Å². The predicted octanol–water partition coefficient (Wildman–Crippen LogP) is 4.34. The molecule has 1 unspecified atom stereocenters. The minimum Gasteiger partial charge on any atom is -0.387 e. The number of aromatic nitrogens is 1. The molecule has 2 aromatic carbocycles. The molecule has 0 aliphatic heterocycles. The van der Waals surface area contributed by atoms with Gasteiger partial charge in [0, 0.05) is 33.7 Å². The second-order valence-corrected chi connectivity index (χ2v) is 6.40. The molecule has 0 saturated carbocycles. The molecule has 3 aromatic rings. The van der Waals surface area contributed by atoms with Crippen molar-refractivity contribution in [2.75, 3.05) is 13.1 Å². The van der Waals surface area contributed by atoms with Gasteiger partial charge in [-0.2, -0.15) is 0 Å². The Hall–Kier alpha value is -1.52. The van der Waals surface area contributed by atoms with Crippen LogP contribution in [0.4, 0.5) is 0 Å². The molecule has 3 N–H and O–H groups in total. The van der Waals surface area contributed by atoms with Gasteiger partial charge in [0.25, 0.3) is 0 Å². The summed E-state index contributed by atoms with van der Waals surface area (Å²) in [5.41, 5.74) is 3.11. The van der Waals surface area contributed by atoms with Crippen molar-refractivity contribution in [1.29, 1.82) is 0 Å². The van der Waals surface area contributed by atoms with Gasteiger partial charge in [-0.25, -0.2) is 0 Å². The van der Waals surface area contributed by atoms with Crippen LogP contribution in [-0.2, 0) is 6.42 Å². The molecule has 1 aromatic heterocycles. The standard InChI is InChI=1S/C18H18Cl2N2O/c19-14-3-1-2-12(8-14)18(23)11-21-7-6-13-10-22-17-9-15(20)4-5-16(13)17/h1-5,8-10,18,21-23H,6-7,11H2. The average Bonchev–Trinajstić information content (AvgIpc) is 2.93. The number of fused-ring (bicyclic) bond motifs is 1. The molecular formula is C18H18Cl2N2O. The predicted molar refractivity (Wildman–Crippen MR) is 96.3 cm³/mol. The Bertz CT molecular complexity index is 801. The van der Waals surface area contributed by atoms with E-state index in [1.807, 2.05) is 36.5 Å². The van der Waals surface area contributed by atoms with Gasteiger partial charge < -0.3 is 15.4 Å². The SMILES string of the molecule is OC(CNCCc1c[nH]c2cc(Cl)ccc12)c1cccc(Cl)c1. The summed E-state index contributed by atoms with van der Waals surface area (Å²) in [4.78, 5) is 3.23. The molecule has 1 heterocycles. The lowest BCUT2D eigenvalue weighted by atomic mass is 10.1. The molecule has 0 aliphatic carbocycles. The molecule has 0 saturated heterocycles. The van der Waals surface area contributed by atoms with Crippen LogP contribution in [0.15, 0.2) is 48.7 Å². The summed E-state index contributed by atoms with van der Waals surface area (Å²) < 4.78 is 0. The van der Waals surface area contributed by atoms with Gasteiger partial charge in [-0.05, 0) is 48.4 Å². The monoisotopic (exact) mass is 348 g/mol. The number of benzene rings is 2. The molecule has 120 valence electrons. The Morgan fingerprint density at radius 1 is 1.09 bits per heavy atom. The summed E-state index contributed by atoms with van der Waals surface area (Å²) in [5.74, 6) is 0. The lowest BCUT2D eigenvalue weighted by Crippen LogP contribution is -2.23. The summed E-state index contributed by atoms with van der Waals surface area (Å²) in [6.07, 6.45) is 2.33. The van der Waals surface area contributed by atoms with Crippen molar-refractivity contribution in [2.45, 2.75) is 12.5 Å². The fraction of sp³-hybridized carbons (Fsp3) is 0.222. The summed E-state index contributed by atoms with van der Waals surface area (Å²) in [6, 6.07) is 13.2. The number of H-pyrrole nitrogens is 1. The number of aromatic amines is 1. The second-order valence-electron chi connectivity index (χ2n) is 5.53. The van der Waals surface area contributed by atoms with Crippen molar-refractivity contribution < 1.29 is 5.11 Å². The van der Waals surface area contributed by atoms with Crippen LogP contribution >= 0.6 is 23.2 Å². The summed E-state index contributed by atoms with van der Waals surface area (Å²) in [6.45, 7) is 1.28. The van der Waals surface area contributed by atoms with Crippen LogP contribution in [0, 0.1) is 0 Å². The highest BCUT2D eigenvalue weighted by Gasteiger charge is 2.08. The third-order valence-corrected chi connectivity index (χ3v) is 4.34. The lowest BCUT2D eigenvalue weighted by Gasteiger charge is -2.12. The van der Waals surface area contributed by atoms with E-state index >= 15 is 0 Å². The molecule has 3 rings (SSSR count). The minimum atomic E-state index is -0.560. The van der Waals surface area contributed by atoms with Crippen molar-refractivity contribution >= 4 is 34.1 Å². The molecule has 23 heavy (non-hydrogen) atoms. The quantitative estimate of drug-likeness (QED) is 0.580. The van der Waals surface area contributed by atoms with Gasteiger partial charge >= 0.3 is 0 Å². The molecule has 3 nitrogen and oxygen atoms in total. The van der Waals surface area contributed by atoms with Crippen molar-refractivity contribution in [3.63, 3.8) is 0 Å². The average molecular weight is 349 g/mol. The topological polar surface area (TPSA) is 48.0 Å². The number of aliphatic hydroxyl groups is 1. The van der Waals surface area contributed by atoms with Crippen LogP contribution in [0.1, 0.15) is 17.2 Å². The molecular weight excluding hydrogens is 331 g/mol. The summed E-state index contributed by atoms with van der Waals surface area (Å²) in [7, 11) is 0. The first-order chi connectivity index (χ1) is 11.1. The first-order valence-corrected chi connectivity index (χ1v) is 8.29. The van der Waals surface area contributed by atoms with Crippen LogP contribution in [0.3, 0.4) is 0 Å². The molecule has 0 bridgehead atoms. The zero-order chi connectivity index (χ0) is 16.2. The van der Waals surface area contributed by atoms with E-state index in [0.29, 0.717) is 11.6 Å². The Morgan fingerprint density at radius 3 is 2.74 bits per heavy atom. The van der Waals surface area contributed by atoms with Crippen LogP contribution in [-0.4, -0.2) is 23.2 Å². The highest BCUT2D eigenvalue weighted by molar-refractivity contribution is 6.31. The Kier molecular flexibility index (Phi) is 5.23. The summed E-state index contributed by atoms with van der Waals surface area (Å²) >= 11 is 11.9. The van der Waals surface area contributed by atoms with Crippen molar-refractivity contribution in [3.05, 3.63) is 69.8 Å². The number of rotatable bonds is 6. The van der Waals surface area contributed by atoms with Crippen molar-refractivity contribution in [3.8, 4) is 0 Å². The molecule has 0 radical (unpaired) electrons. The number of halogens is 2. The van der Waals surface area contributed by atoms with E-state index in [-0.39, 0.29) is 0 Å². The molecule has 5 heteroatoms. The summed E-state index contributed by atoms with van der Waals surface area (Å²) in [5, 5.41) is 16.0. The van der Waals surface area contributed by atoms with Gasteiger partial charge in [0.1, 0.15) is 0 Å². The highest BCUT2D eigenvalue weighted by Crippen LogP contribution is 2.22. The molecule has 0 aliphatic rings. The fourth-order valence-electron chi connectivity index (χ4n) is 2.66. The molecule has 1 atom stereocenters. The smallest absolute Gasteiger partial charge is 0.0914 e. The van der Waals surface area contributed by atoms with Gasteiger partial charge in [-0.1, -0.05) is 41.4 Å². The highest BCUT2D eigenvalue weighted by atomic mass is 35.5. The maximum absolute atomic E-state index is 10.2. The third-order valence-electron chi connectivity index (χ3n) is 3.87. The van der Waals surface area contributed by atoms with E-state index in [1.165, 1.54) is 10.9 Å². The van der Waals surface area contributed by atoms with Crippen molar-refractivity contribution in [2.24, 2.45) is 0 Å². The van der Waals surface area contributed by atoms with Gasteiger partial charge in [-0.3, -0.25) is 0 Å². The fourth-order valence-corrected chi connectivity index (χ4v) is 3.03. The van der Waals surface area contributed by atoms with Crippen molar-refractivity contribution in [1.82, 2.24) is 10.3 Å².